The number of methoxy groups -OCH3 is 1. The predicted octanol–water partition coefficient (Wildman–Crippen LogP) is 4.56. The Morgan fingerprint density at radius 1 is 1.16 bits per heavy atom. The van der Waals surface area contributed by atoms with E-state index in [4.69, 9.17) is 4.74 Å². The molecule has 0 unspecified atom stereocenters. The van der Waals surface area contributed by atoms with Gasteiger partial charge in [0, 0.05) is 21.2 Å². The number of anilines is 1. The number of hydrogen-bond acceptors (Lipinski definition) is 8. The molecular weight excluding hydrogens is 630 g/mol. The Hall–Kier alpha value is -5.17. The maximum Gasteiger partial charge on any atom is 0.312 e. The van der Waals surface area contributed by atoms with Crippen molar-refractivity contribution in [2.45, 2.75) is 20.4 Å². The van der Waals surface area contributed by atoms with Crippen molar-refractivity contribution in [3.8, 4) is 5.75 Å². The Morgan fingerprint density at radius 2 is 1.93 bits per heavy atom. The Kier molecular flexibility index (Phi) is 8.95. The number of amides is 2. The fraction of sp³-hybridized carbons (Fsp3) is 0.194. The summed E-state index contributed by atoms with van der Waals surface area (Å²) in [5.41, 5.74) is 7.44. The number of carbonyl (C=O) groups is 2. The van der Waals surface area contributed by atoms with Crippen LogP contribution < -0.4 is 15.1 Å². The van der Waals surface area contributed by atoms with Crippen molar-refractivity contribution >= 4 is 51.0 Å². The summed E-state index contributed by atoms with van der Waals surface area (Å²) in [6.45, 7) is 3.10. The molecule has 2 heterocycles. The van der Waals surface area contributed by atoms with Crippen LogP contribution in [0.1, 0.15) is 33.6 Å². The Bertz CT molecular complexity index is 1820. The molecule has 2 amide bonds. The Balaban J connectivity index is 1.32. The van der Waals surface area contributed by atoms with Gasteiger partial charge in [0.25, 0.3) is 5.91 Å². The third-order valence-electron chi connectivity index (χ3n) is 7.08. The SMILES string of the molecule is COc1ccc(/C=N/NC(=O)CN2C(=O)CN=C(c3ccccc3)c3cc(Br)ccc32)cc1Cn1nc(C)c([N+](=O)[O-])c1C. The minimum Gasteiger partial charge on any atom is -0.496 e. The summed E-state index contributed by atoms with van der Waals surface area (Å²) in [7, 11) is 1.53. The van der Waals surface area contributed by atoms with Crippen molar-refractivity contribution in [3.05, 3.63) is 115 Å². The smallest absolute Gasteiger partial charge is 0.312 e. The van der Waals surface area contributed by atoms with Crippen LogP contribution >= 0.6 is 15.9 Å². The van der Waals surface area contributed by atoms with Gasteiger partial charge in [-0.15, -0.1) is 0 Å². The van der Waals surface area contributed by atoms with Gasteiger partial charge in [-0.1, -0.05) is 46.3 Å². The molecular formula is C31H28BrN7O5. The number of ether oxygens (including phenoxy) is 1. The van der Waals surface area contributed by atoms with Gasteiger partial charge in [0.05, 0.1) is 36.2 Å². The molecule has 0 saturated heterocycles. The normalized spacial score (nSPS) is 13.0. The predicted molar refractivity (Wildman–Crippen MR) is 170 cm³/mol. The van der Waals surface area contributed by atoms with Gasteiger partial charge in [0.1, 0.15) is 30.2 Å². The van der Waals surface area contributed by atoms with Crippen molar-refractivity contribution in [3.63, 3.8) is 0 Å². The quantitative estimate of drug-likeness (QED) is 0.159. The summed E-state index contributed by atoms with van der Waals surface area (Å²) in [6, 6.07) is 20.4. The molecule has 0 aliphatic carbocycles. The average Bonchev–Trinajstić information content (AvgIpc) is 3.21. The number of aromatic nitrogens is 2. The minimum atomic E-state index is -0.490. The second kappa shape index (κ2) is 13.0. The maximum absolute atomic E-state index is 13.1. The van der Waals surface area contributed by atoms with E-state index in [1.54, 1.807) is 42.8 Å². The van der Waals surface area contributed by atoms with Gasteiger partial charge in [-0.05, 0) is 55.8 Å². The van der Waals surface area contributed by atoms with Gasteiger partial charge >= 0.3 is 5.69 Å². The van der Waals surface area contributed by atoms with Crippen LogP contribution in [0.3, 0.4) is 0 Å². The lowest BCUT2D eigenvalue weighted by molar-refractivity contribution is -0.386. The lowest BCUT2D eigenvalue weighted by Gasteiger charge is -2.22. The minimum absolute atomic E-state index is 0.0228. The summed E-state index contributed by atoms with van der Waals surface area (Å²) in [6.07, 6.45) is 1.47. The summed E-state index contributed by atoms with van der Waals surface area (Å²) < 4.78 is 7.85. The highest BCUT2D eigenvalue weighted by atomic mass is 79.9. The second-order valence-electron chi connectivity index (χ2n) is 9.97. The third-order valence-corrected chi connectivity index (χ3v) is 7.57. The molecule has 1 aliphatic heterocycles. The van der Waals surface area contributed by atoms with Crippen LogP contribution in [0.25, 0.3) is 0 Å². The molecule has 224 valence electrons. The molecule has 0 saturated carbocycles. The summed E-state index contributed by atoms with van der Waals surface area (Å²) in [4.78, 5) is 43.1. The fourth-order valence-electron chi connectivity index (χ4n) is 5.03. The summed E-state index contributed by atoms with van der Waals surface area (Å²) in [5.74, 6) is -0.235. The lowest BCUT2D eigenvalue weighted by Crippen LogP contribution is -2.40. The lowest BCUT2D eigenvalue weighted by atomic mass is 10.0. The largest absolute Gasteiger partial charge is 0.496 e. The van der Waals surface area contributed by atoms with Crippen LogP contribution in [0.5, 0.6) is 5.75 Å². The molecule has 1 aliphatic rings. The molecule has 12 nitrogen and oxygen atoms in total. The number of rotatable bonds is 9. The van der Waals surface area contributed by atoms with E-state index < -0.39 is 10.8 Å². The van der Waals surface area contributed by atoms with Crippen molar-refractivity contribution < 1.29 is 19.2 Å². The van der Waals surface area contributed by atoms with Crippen LogP contribution in [0.2, 0.25) is 0 Å². The number of benzodiazepines with no additional fused rings is 1. The van der Waals surface area contributed by atoms with Gasteiger partial charge in [-0.2, -0.15) is 10.2 Å². The van der Waals surface area contributed by atoms with E-state index in [1.165, 1.54) is 18.2 Å². The standard InChI is InChI=1S/C31H28BrN7O5/c1-19-31(39(42)43)20(2)38(36-19)17-23-13-21(9-12-27(23)44-3)15-34-35-28(40)18-37-26-11-10-24(32)14-25(26)30(33-16-29(37)41)22-7-5-4-6-8-22/h4-15H,16-18H2,1-3H3,(H,35,40)/b34-15+. The van der Waals surface area contributed by atoms with E-state index in [0.29, 0.717) is 34.1 Å². The molecule has 13 heteroatoms. The van der Waals surface area contributed by atoms with Crippen LogP contribution in [-0.4, -0.2) is 58.6 Å². The summed E-state index contributed by atoms with van der Waals surface area (Å²) in [5, 5.41) is 19.8. The molecule has 0 fully saturated rings. The second-order valence-corrected chi connectivity index (χ2v) is 10.9. The highest BCUT2D eigenvalue weighted by Crippen LogP contribution is 2.30. The van der Waals surface area contributed by atoms with Crippen molar-refractivity contribution in [1.82, 2.24) is 15.2 Å². The van der Waals surface area contributed by atoms with Crippen LogP contribution in [-0.2, 0) is 16.1 Å². The van der Waals surface area contributed by atoms with Gasteiger partial charge in [-0.3, -0.25) is 29.4 Å². The van der Waals surface area contributed by atoms with Crippen LogP contribution in [0.4, 0.5) is 11.4 Å². The number of carbonyl (C=O) groups excluding carboxylic acids is 2. The van der Waals surface area contributed by atoms with Crippen LogP contribution in [0.15, 0.2) is 81.3 Å². The molecule has 44 heavy (non-hydrogen) atoms. The maximum atomic E-state index is 13.1. The average molecular weight is 659 g/mol. The first-order valence-corrected chi connectivity index (χ1v) is 14.3. The number of hydrogen-bond donors (Lipinski definition) is 1. The molecule has 5 rings (SSSR count). The van der Waals surface area contributed by atoms with Gasteiger partial charge in [0.2, 0.25) is 5.91 Å². The number of halogens is 1. The van der Waals surface area contributed by atoms with Crippen LogP contribution in [0, 0.1) is 24.0 Å². The van der Waals surface area contributed by atoms with E-state index in [1.807, 2.05) is 42.5 Å². The molecule has 0 atom stereocenters. The first-order valence-electron chi connectivity index (χ1n) is 13.5. The molecule has 1 aromatic heterocycles. The number of nitrogens with zero attached hydrogens (tertiary/aromatic N) is 6. The van der Waals surface area contributed by atoms with Gasteiger partial charge in [-0.25, -0.2) is 5.43 Å². The van der Waals surface area contributed by atoms with Gasteiger partial charge < -0.3 is 9.64 Å². The van der Waals surface area contributed by atoms with E-state index in [0.717, 1.165) is 21.2 Å². The molecule has 3 aromatic carbocycles. The van der Waals surface area contributed by atoms with Gasteiger partial charge in [0.15, 0.2) is 0 Å². The molecule has 0 radical (unpaired) electrons. The van der Waals surface area contributed by atoms with E-state index >= 15 is 0 Å². The molecule has 0 bridgehead atoms. The van der Waals surface area contributed by atoms with E-state index in [2.05, 4.69) is 36.5 Å². The molecule has 1 N–H and O–H groups in total. The zero-order valence-corrected chi connectivity index (χ0v) is 25.7. The highest BCUT2D eigenvalue weighted by Gasteiger charge is 2.27. The zero-order chi connectivity index (χ0) is 31.4. The summed E-state index contributed by atoms with van der Waals surface area (Å²) >= 11 is 3.51. The highest BCUT2D eigenvalue weighted by molar-refractivity contribution is 9.10. The molecule has 0 spiro atoms. The Morgan fingerprint density at radius 3 is 2.64 bits per heavy atom. The first-order chi connectivity index (χ1) is 21.2. The number of hydrazone groups is 1. The number of nitro groups is 1. The number of fused-ring (bicyclic) bond motifs is 1. The van der Waals surface area contributed by atoms with Crippen molar-refractivity contribution in [1.29, 1.82) is 0 Å². The number of benzene rings is 3. The third kappa shape index (κ3) is 6.42. The van der Waals surface area contributed by atoms with Crippen molar-refractivity contribution in [2.75, 3.05) is 25.1 Å². The van der Waals surface area contributed by atoms with E-state index in [-0.39, 0.29) is 31.2 Å². The number of aliphatic imine (C=N–C) groups is 1. The first kappa shape index (κ1) is 30.3. The number of aryl methyl sites for hydroxylation is 1. The number of nitrogens with one attached hydrogen (secondary N) is 1. The monoisotopic (exact) mass is 657 g/mol. The van der Waals surface area contributed by atoms with Crippen molar-refractivity contribution in [2.24, 2.45) is 10.1 Å². The fourth-order valence-corrected chi connectivity index (χ4v) is 5.39. The van der Waals surface area contributed by atoms with E-state index in [9.17, 15) is 19.7 Å². The Labute approximate surface area is 261 Å². The molecule has 4 aromatic rings. The topological polar surface area (TPSA) is 144 Å². The zero-order valence-electron chi connectivity index (χ0n) is 24.2.